The lowest BCUT2D eigenvalue weighted by atomic mass is 9.81. The predicted octanol–water partition coefficient (Wildman–Crippen LogP) is 3.05. The minimum atomic E-state index is 0.195. The number of benzene rings is 1. The van der Waals surface area contributed by atoms with Crippen molar-refractivity contribution >= 4 is 0 Å². The van der Waals surface area contributed by atoms with E-state index in [4.69, 9.17) is 10.6 Å². The van der Waals surface area contributed by atoms with Crippen molar-refractivity contribution in [3.63, 3.8) is 0 Å². The average molecular weight is 276 g/mol. The molecule has 1 saturated carbocycles. The Bertz CT molecular complexity index is 363. The minimum absolute atomic E-state index is 0.195. The van der Waals surface area contributed by atoms with Crippen LogP contribution in [0.1, 0.15) is 44.6 Å². The fourth-order valence-electron chi connectivity index (χ4n) is 3.37. The van der Waals surface area contributed by atoms with Crippen molar-refractivity contribution in [2.24, 2.45) is 11.8 Å². The highest BCUT2D eigenvalue weighted by Crippen LogP contribution is 2.30. The van der Waals surface area contributed by atoms with Gasteiger partial charge in [0.25, 0.3) is 0 Å². The minimum Gasteiger partial charge on any atom is -0.377 e. The summed E-state index contributed by atoms with van der Waals surface area (Å²) < 4.78 is 6.06. The number of nitrogens with two attached hydrogens (primary N) is 1. The van der Waals surface area contributed by atoms with Crippen LogP contribution in [0, 0.1) is 5.92 Å². The van der Waals surface area contributed by atoms with E-state index in [0.717, 1.165) is 13.0 Å². The van der Waals surface area contributed by atoms with Gasteiger partial charge in [0.1, 0.15) is 0 Å². The Labute approximate surface area is 122 Å². The van der Waals surface area contributed by atoms with E-state index < -0.39 is 0 Å². The Morgan fingerprint density at radius 1 is 1.20 bits per heavy atom. The zero-order valence-electron chi connectivity index (χ0n) is 12.6. The van der Waals surface area contributed by atoms with E-state index in [0.29, 0.717) is 5.92 Å². The zero-order valence-corrected chi connectivity index (χ0v) is 12.6. The van der Waals surface area contributed by atoms with Crippen LogP contribution < -0.4 is 11.3 Å². The molecule has 2 unspecified atom stereocenters. The molecule has 1 fully saturated rings. The van der Waals surface area contributed by atoms with Gasteiger partial charge in [-0.2, -0.15) is 0 Å². The van der Waals surface area contributed by atoms with Crippen LogP contribution in [0.15, 0.2) is 30.3 Å². The molecule has 0 bridgehead atoms. The van der Waals surface area contributed by atoms with E-state index in [-0.39, 0.29) is 12.1 Å². The second-order valence-electron chi connectivity index (χ2n) is 5.78. The molecule has 3 heteroatoms. The average Bonchev–Trinajstić information content (AvgIpc) is 2.52. The summed E-state index contributed by atoms with van der Waals surface area (Å²) >= 11 is 0. The van der Waals surface area contributed by atoms with Crippen LogP contribution in [-0.4, -0.2) is 18.8 Å². The van der Waals surface area contributed by atoms with Gasteiger partial charge in [-0.15, -0.1) is 0 Å². The number of hydrazine groups is 1. The van der Waals surface area contributed by atoms with E-state index in [9.17, 15) is 0 Å². The van der Waals surface area contributed by atoms with E-state index in [1.54, 1.807) is 0 Å². The van der Waals surface area contributed by atoms with Gasteiger partial charge in [0, 0.05) is 6.61 Å². The highest BCUT2D eigenvalue weighted by molar-refractivity contribution is 5.16. The molecular weight excluding hydrogens is 248 g/mol. The zero-order chi connectivity index (χ0) is 14.2. The van der Waals surface area contributed by atoms with Crippen molar-refractivity contribution in [2.75, 3.05) is 6.61 Å². The predicted molar refractivity (Wildman–Crippen MR) is 83.2 cm³/mol. The van der Waals surface area contributed by atoms with Gasteiger partial charge in [-0.3, -0.25) is 11.3 Å². The molecule has 0 aromatic heterocycles. The third kappa shape index (κ3) is 4.30. The van der Waals surface area contributed by atoms with Gasteiger partial charge in [0.15, 0.2) is 0 Å². The Morgan fingerprint density at radius 3 is 2.50 bits per heavy atom. The van der Waals surface area contributed by atoms with Crippen LogP contribution in [0.2, 0.25) is 0 Å². The fraction of sp³-hybridized carbons (Fsp3) is 0.647. The van der Waals surface area contributed by atoms with E-state index in [1.807, 2.05) is 0 Å². The summed E-state index contributed by atoms with van der Waals surface area (Å²) in [5, 5.41) is 0. The Hall–Kier alpha value is -0.900. The van der Waals surface area contributed by atoms with Gasteiger partial charge in [-0.05, 0) is 37.7 Å². The van der Waals surface area contributed by atoms with Gasteiger partial charge in [-0.25, -0.2) is 0 Å². The summed E-state index contributed by atoms with van der Waals surface area (Å²) in [4.78, 5) is 0. The molecule has 3 N–H and O–H groups in total. The smallest absolute Gasteiger partial charge is 0.0772 e. The third-order valence-electron chi connectivity index (χ3n) is 4.38. The molecule has 0 spiro atoms. The van der Waals surface area contributed by atoms with Crippen molar-refractivity contribution in [3.05, 3.63) is 35.9 Å². The van der Waals surface area contributed by atoms with Crippen molar-refractivity contribution < 1.29 is 4.74 Å². The lowest BCUT2D eigenvalue weighted by molar-refractivity contribution is -0.0175. The van der Waals surface area contributed by atoms with Crippen molar-refractivity contribution in [1.29, 1.82) is 0 Å². The summed E-state index contributed by atoms with van der Waals surface area (Å²) in [6.45, 7) is 2.83. The second-order valence-corrected chi connectivity index (χ2v) is 5.78. The van der Waals surface area contributed by atoms with Gasteiger partial charge < -0.3 is 4.74 Å². The summed E-state index contributed by atoms with van der Waals surface area (Å²) in [6.07, 6.45) is 7.74. The molecule has 1 aliphatic carbocycles. The quantitative estimate of drug-likeness (QED) is 0.594. The Kier molecular flexibility index (Phi) is 6.51. The highest BCUT2D eigenvalue weighted by atomic mass is 16.5. The van der Waals surface area contributed by atoms with Crippen LogP contribution in [0.4, 0.5) is 0 Å². The summed E-state index contributed by atoms with van der Waals surface area (Å²) in [5.74, 6) is 6.48. The molecule has 1 aromatic carbocycles. The summed E-state index contributed by atoms with van der Waals surface area (Å²) in [6, 6.07) is 10.7. The molecule has 0 aliphatic heterocycles. The maximum atomic E-state index is 6.06. The lowest BCUT2D eigenvalue weighted by Gasteiger charge is -2.35. The van der Waals surface area contributed by atoms with E-state index in [2.05, 4.69) is 42.7 Å². The van der Waals surface area contributed by atoms with Gasteiger partial charge in [0.05, 0.1) is 12.1 Å². The molecule has 2 atom stereocenters. The van der Waals surface area contributed by atoms with Gasteiger partial charge in [0.2, 0.25) is 0 Å². The standard InChI is InChI=1S/C17H28N2O/c1-2-20-17(15-11-7-4-8-12-15)16(19-18)13-14-9-5-3-6-10-14/h3,5-6,9-10,15-17,19H,2,4,7-8,11-13,18H2,1H3. The van der Waals surface area contributed by atoms with Gasteiger partial charge in [-0.1, -0.05) is 49.6 Å². The number of ether oxygens (including phenoxy) is 1. The maximum Gasteiger partial charge on any atom is 0.0772 e. The van der Waals surface area contributed by atoms with Crippen molar-refractivity contribution in [2.45, 2.75) is 57.6 Å². The molecule has 1 aliphatic rings. The highest BCUT2D eigenvalue weighted by Gasteiger charge is 2.30. The van der Waals surface area contributed by atoms with Crippen molar-refractivity contribution in [3.8, 4) is 0 Å². The van der Waals surface area contributed by atoms with Crippen LogP contribution in [-0.2, 0) is 11.2 Å². The topological polar surface area (TPSA) is 47.3 Å². The number of hydrogen-bond acceptors (Lipinski definition) is 3. The SMILES string of the molecule is CCOC(C1CCCCC1)C(Cc1ccccc1)NN. The molecule has 1 aromatic rings. The fourth-order valence-corrected chi connectivity index (χ4v) is 3.37. The first-order chi connectivity index (χ1) is 9.85. The molecule has 3 nitrogen and oxygen atoms in total. The van der Waals surface area contributed by atoms with Crippen LogP contribution in [0.5, 0.6) is 0 Å². The van der Waals surface area contributed by atoms with Crippen LogP contribution in [0.3, 0.4) is 0 Å². The lowest BCUT2D eigenvalue weighted by Crippen LogP contribution is -2.50. The largest absolute Gasteiger partial charge is 0.377 e. The van der Waals surface area contributed by atoms with Gasteiger partial charge >= 0.3 is 0 Å². The third-order valence-corrected chi connectivity index (χ3v) is 4.38. The molecule has 0 heterocycles. The Balaban J connectivity index is 2.03. The van der Waals surface area contributed by atoms with E-state index in [1.165, 1.54) is 37.7 Å². The monoisotopic (exact) mass is 276 g/mol. The first-order valence-electron chi connectivity index (χ1n) is 7.96. The number of hydrogen-bond donors (Lipinski definition) is 2. The number of nitrogens with one attached hydrogen (secondary N) is 1. The molecule has 0 amide bonds. The summed E-state index contributed by atoms with van der Waals surface area (Å²) in [7, 11) is 0. The van der Waals surface area contributed by atoms with Crippen molar-refractivity contribution in [1.82, 2.24) is 5.43 Å². The molecule has 112 valence electrons. The maximum absolute atomic E-state index is 6.06. The second kappa shape index (κ2) is 8.40. The molecule has 20 heavy (non-hydrogen) atoms. The Morgan fingerprint density at radius 2 is 1.90 bits per heavy atom. The first kappa shape index (κ1) is 15.5. The molecule has 2 rings (SSSR count). The van der Waals surface area contributed by atoms with E-state index >= 15 is 0 Å². The molecule has 0 radical (unpaired) electrons. The number of rotatable bonds is 7. The first-order valence-corrected chi connectivity index (χ1v) is 7.96. The summed E-state index contributed by atoms with van der Waals surface area (Å²) in [5.41, 5.74) is 4.32. The normalized spacial score (nSPS) is 19.7. The molecular formula is C17H28N2O. The van der Waals surface area contributed by atoms with Crippen LogP contribution in [0.25, 0.3) is 0 Å². The molecule has 0 saturated heterocycles. The van der Waals surface area contributed by atoms with Crippen LogP contribution >= 0.6 is 0 Å².